The van der Waals surface area contributed by atoms with Crippen molar-refractivity contribution in [3.63, 3.8) is 0 Å². The van der Waals surface area contributed by atoms with Crippen LogP contribution in [-0.4, -0.2) is 22.5 Å². The topological polar surface area (TPSA) is 116 Å². The van der Waals surface area contributed by atoms with Crippen LogP contribution in [0.4, 0.5) is 5.69 Å². The summed E-state index contributed by atoms with van der Waals surface area (Å²) in [4.78, 5) is 21.5. The molecule has 7 heteroatoms. The number of aliphatic hydroxyl groups is 1. The molecule has 0 saturated heterocycles. The average molecular weight is 275 g/mol. The summed E-state index contributed by atoms with van der Waals surface area (Å²) >= 11 is 0. The van der Waals surface area contributed by atoms with Crippen molar-refractivity contribution in [3.8, 4) is 6.07 Å². The van der Waals surface area contributed by atoms with Crippen molar-refractivity contribution in [3.05, 3.63) is 51.3 Å². The summed E-state index contributed by atoms with van der Waals surface area (Å²) in [5.41, 5.74) is 0.496. The smallest absolute Gasteiger partial charge is 0.269 e. The Kier molecular flexibility index (Phi) is 5.23. The van der Waals surface area contributed by atoms with Gasteiger partial charge in [0.15, 0.2) is 5.57 Å². The fourth-order valence-corrected chi connectivity index (χ4v) is 1.49. The summed E-state index contributed by atoms with van der Waals surface area (Å²) in [6.45, 7) is 1.52. The third kappa shape index (κ3) is 4.10. The SMILES string of the molecule is C/C(O)=C(\C#N)C(=O)NCCc1ccc([N+](=O)[O-])cc1. The number of hydrogen-bond donors (Lipinski definition) is 2. The standard InChI is InChI=1S/C13H13N3O4/c1-9(17)12(8-14)13(18)15-7-6-10-2-4-11(5-3-10)16(19)20/h2-5,17H,6-7H2,1H3,(H,15,18)/b12-9-. The summed E-state index contributed by atoms with van der Waals surface area (Å²) in [5, 5.41) is 30.8. The second-order valence-electron chi connectivity index (χ2n) is 4.00. The van der Waals surface area contributed by atoms with Gasteiger partial charge < -0.3 is 10.4 Å². The molecule has 0 spiro atoms. The average Bonchev–Trinajstić information content (AvgIpc) is 2.39. The number of nitro benzene ring substituents is 1. The maximum Gasteiger partial charge on any atom is 0.269 e. The van der Waals surface area contributed by atoms with Gasteiger partial charge in [-0.25, -0.2) is 0 Å². The maximum absolute atomic E-state index is 11.5. The Hall–Kier alpha value is -2.88. The quantitative estimate of drug-likeness (QED) is 0.278. The first-order valence-electron chi connectivity index (χ1n) is 5.77. The van der Waals surface area contributed by atoms with Gasteiger partial charge in [-0.05, 0) is 18.9 Å². The fraction of sp³-hybridized carbons (Fsp3) is 0.231. The zero-order chi connectivity index (χ0) is 15.1. The lowest BCUT2D eigenvalue weighted by atomic mass is 10.1. The van der Waals surface area contributed by atoms with Gasteiger partial charge in [0.2, 0.25) is 0 Å². The molecule has 7 nitrogen and oxygen atoms in total. The van der Waals surface area contributed by atoms with Crippen LogP contribution in [0.3, 0.4) is 0 Å². The van der Waals surface area contributed by atoms with E-state index >= 15 is 0 Å². The number of nitrogens with one attached hydrogen (secondary N) is 1. The van der Waals surface area contributed by atoms with E-state index in [1.807, 2.05) is 0 Å². The molecule has 0 aromatic heterocycles. The van der Waals surface area contributed by atoms with Gasteiger partial charge in [0, 0.05) is 18.7 Å². The van der Waals surface area contributed by atoms with E-state index in [2.05, 4.69) is 5.32 Å². The van der Waals surface area contributed by atoms with Crippen molar-refractivity contribution in [2.75, 3.05) is 6.54 Å². The molecule has 1 rings (SSSR count). The van der Waals surface area contributed by atoms with E-state index in [-0.39, 0.29) is 23.6 Å². The third-order valence-corrected chi connectivity index (χ3v) is 2.55. The highest BCUT2D eigenvalue weighted by Gasteiger charge is 2.11. The molecule has 0 aliphatic rings. The van der Waals surface area contributed by atoms with E-state index in [1.54, 1.807) is 18.2 Å². The molecule has 0 heterocycles. The highest BCUT2D eigenvalue weighted by molar-refractivity contribution is 5.97. The van der Waals surface area contributed by atoms with E-state index in [4.69, 9.17) is 10.4 Å². The van der Waals surface area contributed by atoms with Crippen LogP contribution in [0, 0.1) is 21.4 Å². The predicted octanol–water partition coefficient (Wildman–Crippen LogP) is 1.61. The molecule has 104 valence electrons. The number of carbonyl (C=O) groups excluding carboxylic acids is 1. The van der Waals surface area contributed by atoms with Gasteiger partial charge in [0.25, 0.3) is 11.6 Å². The Morgan fingerprint density at radius 2 is 2.05 bits per heavy atom. The van der Waals surface area contributed by atoms with E-state index in [1.165, 1.54) is 19.1 Å². The molecule has 0 aliphatic carbocycles. The maximum atomic E-state index is 11.5. The summed E-state index contributed by atoms with van der Waals surface area (Å²) < 4.78 is 0. The van der Waals surface area contributed by atoms with Crippen molar-refractivity contribution in [1.29, 1.82) is 5.26 Å². The van der Waals surface area contributed by atoms with Crippen LogP contribution < -0.4 is 5.32 Å². The van der Waals surface area contributed by atoms with Crippen LogP contribution in [0.15, 0.2) is 35.6 Å². The molecule has 20 heavy (non-hydrogen) atoms. The third-order valence-electron chi connectivity index (χ3n) is 2.55. The first-order valence-corrected chi connectivity index (χ1v) is 5.77. The lowest BCUT2D eigenvalue weighted by molar-refractivity contribution is -0.384. The van der Waals surface area contributed by atoms with Crippen molar-refractivity contribution < 1.29 is 14.8 Å². The second kappa shape index (κ2) is 6.89. The lowest BCUT2D eigenvalue weighted by Gasteiger charge is -2.05. The number of nitrogens with zero attached hydrogens (tertiary/aromatic N) is 2. The molecule has 0 saturated carbocycles. The number of allylic oxidation sites excluding steroid dienone is 1. The van der Waals surface area contributed by atoms with Gasteiger partial charge in [-0.1, -0.05) is 12.1 Å². The van der Waals surface area contributed by atoms with E-state index in [0.29, 0.717) is 6.42 Å². The van der Waals surface area contributed by atoms with E-state index in [9.17, 15) is 14.9 Å². The number of amides is 1. The zero-order valence-electron chi connectivity index (χ0n) is 10.8. The lowest BCUT2D eigenvalue weighted by Crippen LogP contribution is -2.27. The number of nitriles is 1. The van der Waals surface area contributed by atoms with Crippen LogP contribution in [0.2, 0.25) is 0 Å². The second-order valence-corrected chi connectivity index (χ2v) is 4.00. The van der Waals surface area contributed by atoms with E-state index in [0.717, 1.165) is 5.56 Å². The van der Waals surface area contributed by atoms with Gasteiger partial charge in [0.05, 0.1) is 4.92 Å². The Morgan fingerprint density at radius 3 is 2.50 bits per heavy atom. The predicted molar refractivity (Wildman–Crippen MR) is 70.8 cm³/mol. The number of nitro groups is 1. The van der Waals surface area contributed by atoms with Crippen LogP contribution >= 0.6 is 0 Å². The first-order chi connectivity index (χ1) is 9.45. The molecule has 1 aromatic carbocycles. The zero-order valence-corrected chi connectivity index (χ0v) is 10.8. The normalized spacial score (nSPS) is 11.2. The van der Waals surface area contributed by atoms with Crippen molar-refractivity contribution in [2.24, 2.45) is 0 Å². The van der Waals surface area contributed by atoms with Gasteiger partial charge in [0.1, 0.15) is 11.8 Å². The Morgan fingerprint density at radius 1 is 1.45 bits per heavy atom. The summed E-state index contributed by atoms with van der Waals surface area (Å²) in [6.07, 6.45) is 0.465. The minimum absolute atomic E-state index is 0.00314. The molecule has 1 aromatic rings. The molecular formula is C13H13N3O4. The molecule has 0 aliphatic heterocycles. The number of benzene rings is 1. The van der Waals surface area contributed by atoms with Gasteiger partial charge in [-0.3, -0.25) is 14.9 Å². The number of rotatable bonds is 5. The van der Waals surface area contributed by atoms with Gasteiger partial charge in [-0.15, -0.1) is 0 Å². The number of non-ortho nitro benzene ring substituents is 1. The van der Waals surface area contributed by atoms with Crippen LogP contribution in [0.1, 0.15) is 12.5 Å². The van der Waals surface area contributed by atoms with Crippen LogP contribution in [0.5, 0.6) is 0 Å². The Balaban J connectivity index is 2.53. The highest BCUT2D eigenvalue weighted by Crippen LogP contribution is 2.12. The molecular weight excluding hydrogens is 262 g/mol. The molecule has 0 bridgehead atoms. The summed E-state index contributed by atoms with van der Waals surface area (Å²) in [6, 6.07) is 7.58. The van der Waals surface area contributed by atoms with Gasteiger partial charge >= 0.3 is 0 Å². The fourth-order valence-electron chi connectivity index (χ4n) is 1.49. The highest BCUT2D eigenvalue weighted by atomic mass is 16.6. The van der Waals surface area contributed by atoms with E-state index < -0.39 is 10.8 Å². The monoisotopic (exact) mass is 275 g/mol. The summed E-state index contributed by atoms with van der Waals surface area (Å²) in [7, 11) is 0. The summed E-state index contributed by atoms with van der Waals surface area (Å²) in [5.74, 6) is -0.977. The van der Waals surface area contributed by atoms with Gasteiger partial charge in [-0.2, -0.15) is 5.26 Å². The number of carbonyl (C=O) groups is 1. The van der Waals surface area contributed by atoms with Crippen molar-refractivity contribution >= 4 is 11.6 Å². The minimum Gasteiger partial charge on any atom is -0.511 e. The first kappa shape index (κ1) is 15.2. The molecule has 2 N–H and O–H groups in total. The molecule has 1 amide bonds. The Bertz CT molecular complexity index is 581. The number of hydrogen-bond acceptors (Lipinski definition) is 5. The number of aliphatic hydroxyl groups excluding tert-OH is 1. The van der Waals surface area contributed by atoms with Crippen LogP contribution in [0.25, 0.3) is 0 Å². The minimum atomic E-state index is -0.644. The molecule has 0 radical (unpaired) electrons. The van der Waals surface area contributed by atoms with Crippen molar-refractivity contribution in [1.82, 2.24) is 5.32 Å². The largest absolute Gasteiger partial charge is 0.511 e. The molecule has 0 atom stereocenters. The molecule has 0 fully saturated rings. The van der Waals surface area contributed by atoms with Crippen LogP contribution in [-0.2, 0) is 11.2 Å². The Labute approximate surface area is 115 Å². The molecule has 0 unspecified atom stereocenters. The van der Waals surface area contributed by atoms with Crippen molar-refractivity contribution in [2.45, 2.75) is 13.3 Å².